The third-order valence-electron chi connectivity index (χ3n) is 6.31. The van der Waals surface area contributed by atoms with Gasteiger partial charge in [0.25, 0.3) is 5.91 Å². The van der Waals surface area contributed by atoms with Gasteiger partial charge in [-0.1, -0.05) is 35.9 Å². The summed E-state index contributed by atoms with van der Waals surface area (Å²) in [6.45, 7) is 0.144. The Hall–Kier alpha value is -3.35. The number of aromatic nitrogens is 1. The van der Waals surface area contributed by atoms with Gasteiger partial charge >= 0.3 is 0 Å². The summed E-state index contributed by atoms with van der Waals surface area (Å²) in [5.41, 5.74) is 4.25. The first-order chi connectivity index (χ1) is 15.5. The molecule has 0 spiro atoms. The van der Waals surface area contributed by atoms with E-state index in [0.717, 1.165) is 29.5 Å². The molecule has 1 aromatic heterocycles. The highest BCUT2D eigenvalue weighted by molar-refractivity contribution is 6.38. The second-order valence-corrected chi connectivity index (χ2v) is 8.55. The Morgan fingerprint density at radius 3 is 2.59 bits per heavy atom. The van der Waals surface area contributed by atoms with Crippen LogP contribution in [0.5, 0.6) is 5.75 Å². The molecule has 0 radical (unpaired) electrons. The first kappa shape index (κ1) is 20.5. The molecular formula is C25H21ClN2O4. The molecule has 5 rings (SSSR count). The van der Waals surface area contributed by atoms with E-state index in [9.17, 15) is 15.0 Å². The van der Waals surface area contributed by atoms with Crippen molar-refractivity contribution in [1.82, 2.24) is 4.98 Å². The van der Waals surface area contributed by atoms with E-state index in [2.05, 4.69) is 10.3 Å². The number of benzene rings is 2. The summed E-state index contributed by atoms with van der Waals surface area (Å²) in [4.78, 5) is 16.7. The van der Waals surface area contributed by atoms with Crippen LogP contribution in [0.1, 0.15) is 29.5 Å². The van der Waals surface area contributed by atoms with Crippen molar-refractivity contribution in [3.63, 3.8) is 0 Å². The van der Waals surface area contributed by atoms with Crippen LogP contribution in [0.2, 0.25) is 5.02 Å². The Labute approximate surface area is 190 Å². The molecule has 32 heavy (non-hydrogen) atoms. The quantitative estimate of drug-likeness (QED) is 0.384. The van der Waals surface area contributed by atoms with Gasteiger partial charge in [-0.25, -0.2) is 0 Å². The first-order valence-corrected chi connectivity index (χ1v) is 10.6. The van der Waals surface area contributed by atoms with Crippen LogP contribution in [0, 0.1) is 0 Å². The van der Waals surface area contributed by atoms with Gasteiger partial charge in [0.2, 0.25) is 0 Å². The molecule has 2 heterocycles. The van der Waals surface area contributed by atoms with Gasteiger partial charge in [0.05, 0.1) is 41.8 Å². The highest BCUT2D eigenvalue weighted by Gasteiger charge is 2.43. The highest BCUT2D eigenvalue weighted by atomic mass is 35.5. The third kappa shape index (κ3) is 3.23. The van der Waals surface area contributed by atoms with Crippen LogP contribution >= 0.6 is 11.6 Å². The molecule has 2 aliphatic rings. The minimum Gasteiger partial charge on any atom is -0.506 e. The fourth-order valence-corrected chi connectivity index (χ4v) is 4.48. The number of carbonyl (C=O) groups excluding carboxylic acids is 1. The minimum absolute atomic E-state index is 0.109. The number of amides is 1. The zero-order chi connectivity index (χ0) is 22.5. The molecule has 6 nitrogen and oxygen atoms in total. The number of halogens is 1. The number of methoxy groups -OCH3 is 1. The Kier molecular flexibility index (Phi) is 4.92. The molecule has 1 aliphatic carbocycles. The summed E-state index contributed by atoms with van der Waals surface area (Å²) in [7, 11) is 1.48. The molecule has 0 unspecified atom stereocenters. The van der Waals surface area contributed by atoms with E-state index in [-0.39, 0.29) is 23.4 Å². The number of hydrogen-bond donors (Lipinski definition) is 3. The van der Waals surface area contributed by atoms with Crippen LogP contribution in [-0.4, -0.2) is 34.8 Å². The number of rotatable bonds is 5. The number of pyridine rings is 1. The normalized spacial score (nSPS) is 17.5. The van der Waals surface area contributed by atoms with Gasteiger partial charge in [0.15, 0.2) is 0 Å². The molecule has 1 amide bonds. The maximum absolute atomic E-state index is 12.7. The van der Waals surface area contributed by atoms with E-state index >= 15 is 0 Å². The molecule has 162 valence electrons. The Bertz CT molecular complexity index is 1260. The zero-order valence-corrected chi connectivity index (χ0v) is 18.1. The summed E-state index contributed by atoms with van der Waals surface area (Å²) in [5.74, 6) is -0.247. The summed E-state index contributed by atoms with van der Waals surface area (Å²) in [6.07, 6.45) is 4.98. The summed E-state index contributed by atoms with van der Waals surface area (Å²) < 4.78 is 5.29. The fourth-order valence-electron chi connectivity index (χ4n) is 4.21. The number of anilines is 1. The number of nitrogens with one attached hydrogen (secondary N) is 1. The Balaban J connectivity index is 1.60. The lowest BCUT2D eigenvalue weighted by Crippen LogP contribution is -2.11. The maximum atomic E-state index is 12.7. The predicted molar refractivity (Wildman–Crippen MR) is 124 cm³/mol. The molecular weight excluding hydrogens is 428 g/mol. The number of ether oxygens (including phenoxy) is 1. The van der Waals surface area contributed by atoms with Crippen molar-refractivity contribution in [2.24, 2.45) is 0 Å². The van der Waals surface area contributed by atoms with Gasteiger partial charge in [-0.3, -0.25) is 9.78 Å². The molecule has 0 bridgehead atoms. The lowest BCUT2D eigenvalue weighted by atomic mass is 9.93. The second kappa shape index (κ2) is 7.65. The fraction of sp³-hybridized carbons (Fsp3) is 0.200. The molecule has 7 heteroatoms. The van der Waals surface area contributed by atoms with Gasteiger partial charge in [0, 0.05) is 22.7 Å². The van der Waals surface area contributed by atoms with Crippen LogP contribution in [-0.2, 0) is 10.2 Å². The van der Waals surface area contributed by atoms with Gasteiger partial charge < -0.3 is 20.3 Å². The SMILES string of the molecule is COc1cnccc1/C(O)=C1\C(=O)Nc2cc(Cl)c(-c3ccc(C4(CO)CC4)cc3)cc21. The van der Waals surface area contributed by atoms with Crippen LogP contribution in [0.4, 0.5) is 5.69 Å². The van der Waals surface area contributed by atoms with Crippen molar-refractivity contribution < 1.29 is 19.7 Å². The largest absolute Gasteiger partial charge is 0.506 e. The van der Waals surface area contributed by atoms with Crippen molar-refractivity contribution in [2.75, 3.05) is 19.0 Å². The molecule has 1 fully saturated rings. The summed E-state index contributed by atoms with van der Waals surface area (Å²) >= 11 is 6.55. The van der Waals surface area contributed by atoms with Gasteiger partial charge in [-0.2, -0.15) is 0 Å². The molecule has 3 aromatic rings. The van der Waals surface area contributed by atoms with Gasteiger partial charge in [-0.15, -0.1) is 0 Å². The minimum atomic E-state index is -0.418. The molecule has 1 saturated carbocycles. The lowest BCUT2D eigenvalue weighted by molar-refractivity contribution is -0.110. The Morgan fingerprint density at radius 1 is 1.19 bits per heavy atom. The number of hydrogen-bond acceptors (Lipinski definition) is 5. The predicted octanol–water partition coefficient (Wildman–Crippen LogP) is 4.81. The first-order valence-electron chi connectivity index (χ1n) is 10.3. The monoisotopic (exact) mass is 448 g/mol. The molecule has 3 N–H and O–H groups in total. The number of aliphatic hydroxyl groups is 2. The van der Waals surface area contributed by atoms with E-state index < -0.39 is 5.91 Å². The summed E-state index contributed by atoms with van der Waals surface area (Å²) in [5, 5.41) is 23.9. The van der Waals surface area contributed by atoms with E-state index in [4.69, 9.17) is 16.3 Å². The topological polar surface area (TPSA) is 91.7 Å². The van der Waals surface area contributed by atoms with Crippen LogP contribution in [0.15, 0.2) is 54.9 Å². The van der Waals surface area contributed by atoms with Crippen molar-refractivity contribution in [3.05, 3.63) is 76.6 Å². The number of aliphatic hydroxyl groups excluding tert-OH is 2. The van der Waals surface area contributed by atoms with Crippen LogP contribution in [0.25, 0.3) is 22.5 Å². The van der Waals surface area contributed by atoms with E-state index in [1.165, 1.54) is 19.5 Å². The summed E-state index contributed by atoms with van der Waals surface area (Å²) in [6, 6.07) is 13.1. The Morgan fingerprint density at radius 2 is 1.94 bits per heavy atom. The van der Waals surface area contributed by atoms with E-state index in [0.29, 0.717) is 27.6 Å². The van der Waals surface area contributed by atoms with Crippen molar-refractivity contribution >= 4 is 34.5 Å². The second-order valence-electron chi connectivity index (χ2n) is 8.15. The highest BCUT2D eigenvalue weighted by Crippen LogP contribution is 2.48. The lowest BCUT2D eigenvalue weighted by Gasteiger charge is -2.14. The van der Waals surface area contributed by atoms with Gasteiger partial charge in [0.1, 0.15) is 11.5 Å². The average Bonchev–Trinajstić information content (AvgIpc) is 3.55. The van der Waals surface area contributed by atoms with Crippen molar-refractivity contribution in [1.29, 1.82) is 0 Å². The maximum Gasteiger partial charge on any atom is 0.260 e. The standard InChI is InChI=1S/C25H21ClN2O4/c1-32-21-12-27-9-6-16(21)23(30)22-18-10-17(19(26)11-20(18)28-24(22)31)14-2-4-15(5-3-14)25(13-29)7-8-25/h2-6,9-12,29-30H,7-8,13H2,1H3,(H,28,31)/b23-22+. The van der Waals surface area contributed by atoms with E-state index in [1.807, 2.05) is 30.3 Å². The van der Waals surface area contributed by atoms with E-state index in [1.54, 1.807) is 12.1 Å². The molecule has 2 aromatic carbocycles. The van der Waals surface area contributed by atoms with Crippen LogP contribution < -0.4 is 10.1 Å². The molecule has 1 aliphatic heterocycles. The third-order valence-corrected chi connectivity index (χ3v) is 6.63. The smallest absolute Gasteiger partial charge is 0.260 e. The number of nitrogens with zero attached hydrogens (tertiary/aromatic N) is 1. The molecule has 0 atom stereocenters. The number of carbonyl (C=O) groups is 1. The average molecular weight is 449 g/mol. The zero-order valence-electron chi connectivity index (χ0n) is 17.4. The molecule has 0 saturated heterocycles. The van der Waals surface area contributed by atoms with Crippen molar-refractivity contribution in [3.8, 4) is 16.9 Å². The van der Waals surface area contributed by atoms with Crippen LogP contribution in [0.3, 0.4) is 0 Å². The van der Waals surface area contributed by atoms with Gasteiger partial charge in [-0.05, 0) is 42.2 Å². The number of fused-ring (bicyclic) bond motifs is 1. The van der Waals surface area contributed by atoms with Crippen molar-refractivity contribution in [2.45, 2.75) is 18.3 Å².